The summed E-state index contributed by atoms with van der Waals surface area (Å²) in [6, 6.07) is 1.04. The molecular formula is C14H28N2O2. The van der Waals surface area contributed by atoms with E-state index in [0.29, 0.717) is 18.5 Å². The van der Waals surface area contributed by atoms with Gasteiger partial charge in [-0.2, -0.15) is 0 Å². The zero-order valence-electron chi connectivity index (χ0n) is 12.2. The number of nitrogens with zero attached hydrogens (tertiary/aromatic N) is 1. The average molecular weight is 256 g/mol. The minimum atomic E-state index is -0.881. The van der Waals surface area contributed by atoms with Crippen LogP contribution >= 0.6 is 0 Å². The Morgan fingerprint density at radius 1 is 1.56 bits per heavy atom. The number of hydrogen-bond acceptors (Lipinski definition) is 4. The fraction of sp³-hybridized carbons (Fsp3) is 0.929. The van der Waals surface area contributed by atoms with E-state index in [1.54, 1.807) is 6.92 Å². The molecular weight excluding hydrogens is 228 g/mol. The number of ether oxygens (including phenoxy) is 1. The second-order valence-corrected chi connectivity index (χ2v) is 5.78. The molecule has 18 heavy (non-hydrogen) atoms. The highest BCUT2D eigenvalue weighted by Crippen LogP contribution is 2.31. The molecule has 1 aliphatic carbocycles. The highest BCUT2D eigenvalue weighted by atomic mass is 16.5. The summed E-state index contributed by atoms with van der Waals surface area (Å²) in [5.41, 5.74) is 5.18. The van der Waals surface area contributed by atoms with Crippen molar-refractivity contribution in [2.75, 3.05) is 13.7 Å². The smallest absolute Gasteiger partial charge is 0.325 e. The summed E-state index contributed by atoms with van der Waals surface area (Å²) >= 11 is 0. The van der Waals surface area contributed by atoms with E-state index < -0.39 is 5.54 Å². The SMILES string of the molecule is CCCCN(C(C)CC(C)(N)C(=O)OC)C1CC1. The molecule has 0 aromatic carbocycles. The number of carbonyl (C=O) groups is 1. The summed E-state index contributed by atoms with van der Waals surface area (Å²) in [4.78, 5) is 14.1. The first-order valence-corrected chi connectivity index (χ1v) is 7.05. The van der Waals surface area contributed by atoms with Crippen LogP contribution in [0.5, 0.6) is 0 Å². The molecule has 1 rings (SSSR count). The predicted molar refractivity (Wildman–Crippen MR) is 73.3 cm³/mol. The quantitative estimate of drug-likeness (QED) is 0.674. The fourth-order valence-electron chi connectivity index (χ4n) is 2.56. The summed E-state index contributed by atoms with van der Waals surface area (Å²) in [5.74, 6) is -0.319. The number of nitrogens with two attached hydrogens (primary N) is 1. The molecule has 106 valence electrons. The Hall–Kier alpha value is -0.610. The number of hydrogen-bond donors (Lipinski definition) is 1. The van der Waals surface area contributed by atoms with Gasteiger partial charge in [0.25, 0.3) is 0 Å². The predicted octanol–water partition coefficient (Wildman–Crippen LogP) is 1.92. The third kappa shape index (κ3) is 4.25. The summed E-state index contributed by atoms with van der Waals surface area (Å²) in [6.45, 7) is 7.25. The Balaban J connectivity index is 2.54. The second kappa shape index (κ2) is 6.53. The number of carbonyl (C=O) groups excluding carboxylic acids is 1. The Labute approximate surface area is 111 Å². The molecule has 0 bridgehead atoms. The van der Waals surface area contributed by atoms with Crippen LogP contribution in [0.3, 0.4) is 0 Å². The lowest BCUT2D eigenvalue weighted by atomic mass is 9.94. The highest BCUT2D eigenvalue weighted by Gasteiger charge is 2.37. The first-order valence-electron chi connectivity index (χ1n) is 7.05. The molecule has 0 saturated heterocycles. The van der Waals surface area contributed by atoms with Gasteiger partial charge in [0.05, 0.1) is 7.11 Å². The first kappa shape index (κ1) is 15.4. The number of rotatable bonds is 8. The van der Waals surface area contributed by atoms with Gasteiger partial charge >= 0.3 is 5.97 Å². The van der Waals surface area contributed by atoms with E-state index in [1.165, 1.54) is 32.8 Å². The molecule has 0 amide bonds. The number of unbranched alkanes of at least 4 members (excludes halogenated alkanes) is 1. The highest BCUT2D eigenvalue weighted by molar-refractivity contribution is 5.79. The van der Waals surface area contributed by atoms with Gasteiger partial charge in [0.2, 0.25) is 0 Å². The molecule has 1 aliphatic rings. The molecule has 4 nitrogen and oxygen atoms in total. The molecule has 2 atom stereocenters. The van der Waals surface area contributed by atoms with Crippen molar-refractivity contribution in [2.24, 2.45) is 5.73 Å². The van der Waals surface area contributed by atoms with Crippen molar-refractivity contribution in [1.29, 1.82) is 0 Å². The maximum atomic E-state index is 11.6. The largest absolute Gasteiger partial charge is 0.468 e. The van der Waals surface area contributed by atoms with Crippen LogP contribution in [0.25, 0.3) is 0 Å². The van der Waals surface area contributed by atoms with E-state index in [-0.39, 0.29) is 5.97 Å². The van der Waals surface area contributed by atoms with E-state index >= 15 is 0 Å². The normalized spacial score (nSPS) is 20.6. The summed E-state index contributed by atoms with van der Waals surface area (Å²) in [6.07, 6.45) is 5.63. The molecule has 0 aliphatic heterocycles. The van der Waals surface area contributed by atoms with Gasteiger partial charge in [-0.1, -0.05) is 13.3 Å². The van der Waals surface area contributed by atoms with Gasteiger partial charge in [-0.05, 0) is 46.1 Å². The van der Waals surface area contributed by atoms with Gasteiger partial charge in [0.1, 0.15) is 5.54 Å². The lowest BCUT2D eigenvalue weighted by molar-refractivity contribution is -0.147. The summed E-state index contributed by atoms with van der Waals surface area (Å²) in [5, 5.41) is 0. The van der Waals surface area contributed by atoms with Crippen molar-refractivity contribution < 1.29 is 9.53 Å². The van der Waals surface area contributed by atoms with Gasteiger partial charge in [0.15, 0.2) is 0 Å². The number of methoxy groups -OCH3 is 1. The van der Waals surface area contributed by atoms with E-state index in [0.717, 1.165) is 6.54 Å². The van der Waals surface area contributed by atoms with Gasteiger partial charge in [-0.15, -0.1) is 0 Å². The molecule has 2 N–H and O–H groups in total. The van der Waals surface area contributed by atoms with Gasteiger partial charge in [0, 0.05) is 12.1 Å². The summed E-state index contributed by atoms with van der Waals surface area (Å²) in [7, 11) is 1.40. The lowest BCUT2D eigenvalue weighted by Crippen LogP contribution is -2.51. The monoisotopic (exact) mass is 256 g/mol. The van der Waals surface area contributed by atoms with Crippen LogP contribution in [0.1, 0.15) is 52.9 Å². The van der Waals surface area contributed by atoms with E-state index in [1.807, 2.05) is 0 Å². The first-order chi connectivity index (χ1) is 8.42. The third-order valence-corrected chi connectivity index (χ3v) is 3.72. The maximum Gasteiger partial charge on any atom is 0.325 e. The Bertz CT molecular complexity index is 275. The van der Waals surface area contributed by atoms with Crippen LogP contribution in [-0.2, 0) is 9.53 Å². The average Bonchev–Trinajstić information content (AvgIpc) is 3.12. The van der Waals surface area contributed by atoms with Crippen molar-refractivity contribution in [3.05, 3.63) is 0 Å². The minimum absolute atomic E-state index is 0.319. The van der Waals surface area contributed by atoms with Crippen molar-refractivity contribution >= 4 is 5.97 Å². The van der Waals surface area contributed by atoms with E-state index in [4.69, 9.17) is 10.5 Å². The van der Waals surface area contributed by atoms with Crippen molar-refractivity contribution in [3.63, 3.8) is 0 Å². The van der Waals surface area contributed by atoms with Gasteiger partial charge in [-0.3, -0.25) is 9.69 Å². The van der Waals surface area contributed by atoms with Crippen LogP contribution in [0.2, 0.25) is 0 Å². The molecule has 0 spiro atoms. The van der Waals surface area contributed by atoms with Crippen molar-refractivity contribution in [3.8, 4) is 0 Å². The molecule has 2 unspecified atom stereocenters. The van der Waals surface area contributed by atoms with Crippen LogP contribution in [0, 0.1) is 0 Å². The molecule has 0 aromatic heterocycles. The van der Waals surface area contributed by atoms with Gasteiger partial charge in [-0.25, -0.2) is 0 Å². The minimum Gasteiger partial charge on any atom is -0.468 e. The zero-order chi connectivity index (χ0) is 13.8. The van der Waals surface area contributed by atoms with Crippen LogP contribution < -0.4 is 5.73 Å². The van der Waals surface area contributed by atoms with E-state index in [2.05, 4.69) is 18.7 Å². The van der Waals surface area contributed by atoms with Gasteiger partial charge < -0.3 is 10.5 Å². The van der Waals surface area contributed by atoms with Crippen molar-refractivity contribution in [1.82, 2.24) is 4.90 Å². The fourth-order valence-corrected chi connectivity index (χ4v) is 2.56. The van der Waals surface area contributed by atoms with Crippen LogP contribution in [0.15, 0.2) is 0 Å². The molecule has 4 heteroatoms. The van der Waals surface area contributed by atoms with E-state index in [9.17, 15) is 4.79 Å². The zero-order valence-corrected chi connectivity index (χ0v) is 12.2. The molecule has 0 heterocycles. The second-order valence-electron chi connectivity index (χ2n) is 5.78. The lowest BCUT2D eigenvalue weighted by Gasteiger charge is -2.33. The van der Waals surface area contributed by atoms with Crippen molar-refractivity contribution in [2.45, 2.75) is 70.5 Å². The third-order valence-electron chi connectivity index (χ3n) is 3.72. The Morgan fingerprint density at radius 3 is 2.61 bits per heavy atom. The standard InChI is InChI=1S/C14H28N2O2/c1-5-6-9-16(12-7-8-12)11(2)10-14(3,15)13(17)18-4/h11-12H,5-10,15H2,1-4H3. The molecule has 0 aromatic rings. The maximum absolute atomic E-state index is 11.6. The molecule has 1 saturated carbocycles. The van der Waals surface area contributed by atoms with Crippen LogP contribution in [-0.4, -0.2) is 42.1 Å². The Kier molecular flexibility index (Phi) is 5.60. The van der Waals surface area contributed by atoms with Crippen LogP contribution in [0.4, 0.5) is 0 Å². The topological polar surface area (TPSA) is 55.6 Å². The Morgan fingerprint density at radius 2 is 2.17 bits per heavy atom. The molecule has 0 radical (unpaired) electrons. The number of esters is 1. The summed E-state index contributed by atoms with van der Waals surface area (Å²) < 4.78 is 4.77. The molecule has 1 fully saturated rings.